The van der Waals surface area contributed by atoms with Crippen LogP contribution in [0.25, 0.3) is 0 Å². The second-order valence-corrected chi connectivity index (χ2v) is 4.07. The van der Waals surface area contributed by atoms with Gasteiger partial charge >= 0.3 is 0 Å². The molecule has 0 bridgehead atoms. The fraction of sp³-hybridized carbons (Fsp3) is 0.818. The fourth-order valence-electron chi connectivity index (χ4n) is 1.94. The van der Waals surface area contributed by atoms with Crippen molar-refractivity contribution in [3.05, 3.63) is 0 Å². The Bertz CT molecular complexity index is 237. The lowest BCUT2D eigenvalue weighted by Crippen LogP contribution is -2.19. The molecule has 4 heteroatoms. The molecular formula is C11H18O4. The zero-order chi connectivity index (χ0) is 11.3. The Kier molecular flexibility index (Phi) is 4.91. The lowest BCUT2D eigenvalue weighted by Gasteiger charge is -2.06. The molecular weight excluding hydrogens is 196 g/mol. The van der Waals surface area contributed by atoms with Gasteiger partial charge in [0.25, 0.3) is 0 Å². The summed E-state index contributed by atoms with van der Waals surface area (Å²) in [6.45, 7) is 0.194. The number of ketones is 2. The molecule has 0 aliphatic heterocycles. The highest BCUT2D eigenvalue weighted by atomic mass is 16.3. The summed E-state index contributed by atoms with van der Waals surface area (Å²) in [5, 5.41) is 17.7. The van der Waals surface area contributed by atoms with Gasteiger partial charge in [-0.2, -0.15) is 0 Å². The third-order valence-corrected chi connectivity index (χ3v) is 2.86. The molecule has 0 aromatic rings. The number of unbranched alkanes of at least 4 members (excludes halogenated alkanes) is 3. The molecule has 86 valence electrons. The summed E-state index contributed by atoms with van der Waals surface area (Å²) in [6, 6.07) is 0. The minimum atomic E-state index is -1.06. The van der Waals surface area contributed by atoms with Crippen molar-refractivity contribution >= 4 is 11.6 Å². The molecule has 0 radical (unpaired) electrons. The fourth-order valence-corrected chi connectivity index (χ4v) is 1.94. The molecule has 1 aliphatic carbocycles. The van der Waals surface area contributed by atoms with Crippen molar-refractivity contribution < 1.29 is 19.8 Å². The number of hydrogen-bond acceptors (Lipinski definition) is 4. The van der Waals surface area contributed by atoms with Gasteiger partial charge in [0.2, 0.25) is 0 Å². The highest BCUT2D eigenvalue weighted by Gasteiger charge is 2.39. The van der Waals surface area contributed by atoms with E-state index < -0.39 is 12.0 Å². The molecule has 0 saturated heterocycles. The van der Waals surface area contributed by atoms with Crippen molar-refractivity contribution in [3.8, 4) is 0 Å². The van der Waals surface area contributed by atoms with Crippen molar-refractivity contribution in [2.45, 2.75) is 44.6 Å². The number of carbonyl (C=O) groups is 2. The van der Waals surface area contributed by atoms with Crippen molar-refractivity contribution in [3.63, 3.8) is 0 Å². The van der Waals surface area contributed by atoms with Crippen molar-refractivity contribution in [1.82, 2.24) is 0 Å². The Labute approximate surface area is 89.3 Å². The Hall–Kier alpha value is -0.740. The molecule has 0 amide bonds. The second kappa shape index (κ2) is 5.98. The van der Waals surface area contributed by atoms with Gasteiger partial charge in [-0.15, -0.1) is 0 Å². The minimum absolute atomic E-state index is 0.000139. The zero-order valence-electron chi connectivity index (χ0n) is 8.82. The third-order valence-electron chi connectivity index (χ3n) is 2.86. The molecule has 1 rings (SSSR count). The van der Waals surface area contributed by atoms with Crippen LogP contribution in [0.2, 0.25) is 0 Å². The van der Waals surface area contributed by atoms with Crippen LogP contribution in [-0.4, -0.2) is 34.5 Å². The molecule has 2 N–H and O–H groups in total. The van der Waals surface area contributed by atoms with E-state index in [4.69, 9.17) is 5.11 Å². The van der Waals surface area contributed by atoms with Crippen LogP contribution in [0.4, 0.5) is 0 Å². The summed E-state index contributed by atoms with van der Waals surface area (Å²) < 4.78 is 0. The summed E-state index contributed by atoms with van der Waals surface area (Å²) >= 11 is 0. The first-order chi connectivity index (χ1) is 7.16. The molecule has 1 saturated carbocycles. The first-order valence-corrected chi connectivity index (χ1v) is 5.52. The predicted molar refractivity (Wildman–Crippen MR) is 54.3 cm³/mol. The number of Topliss-reactive ketones (excluding diaryl/α,β-unsaturated/α-hetero) is 2. The molecule has 0 aromatic carbocycles. The standard InChI is InChI=1S/C11H18O4/c12-6-4-2-1-3-5-8-9(13)7-10(14)11(8)15/h8,10,12,14H,1-7H2. The normalized spacial score (nSPS) is 26.3. The Morgan fingerprint density at radius 3 is 2.33 bits per heavy atom. The van der Waals surface area contributed by atoms with Gasteiger partial charge in [-0.1, -0.05) is 19.3 Å². The number of aliphatic hydroxyl groups excluding tert-OH is 2. The number of aliphatic hydroxyl groups is 2. The van der Waals surface area contributed by atoms with E-state index in [0.29, 0.717) is 6.42 Å². The first kappa shape index (κ1) is 12.3. The average Bonchev–Trinajstić information content (AvgIpc) is 2.44. The van der Waals surface area contributed by atoms with Crippen molar-refractivity contribution in [2.24, 2.45) is 5.92 Å². The van der Waals surface area contributed by atoms with Crippen LogP contribution >= 0.6 is 0 Å². The van der Waals surface area contributed by atoms with Gasteiger partial charge in [0.05, 0.1) is 5.92 Å². The maximum Gasteiger partial charge on any atom is 0.172 e. The second-order valence-electron chi connectivity index (χ2n) is 4.07. The summed E-state index contributed by atoms with van der Waals surface area (Å²) in [5.41, 5.74) is 0. The molecule has 0 spiro atoms. The monoisotopic (exact) mass is 214 g/mol. The molecule has 0 heterocycles. The number of carbonyl (C=O) groups excluding carboxylic acids is 2. The van der Waals surface area contributed by atoms with E-state index in [0.717, 1.165) is 25.7 Å². The summed E-state index contributed by atoms with van der Waals surface area (Å²) in [6.07, 6.45) is 2.94. The highest BCUT2D eigenvalue weighted by Crippen LogP contribution is 2.23. The van der Waals surface area contributed by atoms with Crippen molar-refractivity contribution in [2.75, 3.05) is 6.61 Å². The van der Waals surface area contributed by atoms with E-state index in [9.17, 15) is 14.7 Å². The third kappa shape index (κ3) is 3.39. The summed E-state index contributed by atoms with van der Waals surface area (Å²) in [5.74, 6) is -0.981. The topological polar surface area (TPSA) is 74.6 Å². The largest absolute Gasteiger partial charge is 0.396 e. The van der Waals surface area contributed by atoms with E-state index in [2.05, 4.69) is 0 Å². The predicted octanol–water partition coefficient (Wildman–Crippen LogP) is 0.448. The average molecular weight is 214 g/mol. The molecule has 15 heavy (non-hydrogen) atoms. The lowest BCUT2D eigenvalue weighted by molar-refractivity contribution is -0.130. The molecule has 4 nitrogen and oxygen atoms in total. The Morgan fingerprint density at radius 2 is 1.80 bits per heavy atom. The van der Waals surface area contributed by atoms with Gasteiger partial charge in [0.15, 0.2) is 5.78 Å². The van der Waals surface area contributed by atoms with E-state index >= 15 is 0 Å². The van der Waals surface area contributed by atoms with E-state index in [1.54, 1.807) is 0 Å². The van der Waals surface area contributed by atoms with Gasteiger partial charge in [0.1, 0.15) is 11.9 Å². The van der Waals surface area contributed by atoms with Crippen LogP contribution in [0.1, 0.15) is 38.5 Å². The van der Waals surface area contributed by atoms with Gasteiger partial charge < -0.3 is 10.2 Å². The van der Waals surface area contributed by atoms with E-state index in [-0.39, 0.29) is 24.6 Å². The van der Waals surface area contributed by atoms with Crippen LogP contribution < -0.4 is 0 Å². The van der Waals surface area contributed by atoms with Gasteiger partial charge in [-0.3, -0.25) is 9.59 Å². The molecule has 0 aromatic heterocycles. The number of rotatable bonds is 6. The SMILES string of the molecule is O=C1CC(O)C(=O)C1CCCCCCO. The van der Waals surface area contributed by atoms with Crippen LogP contribution in [0, 0.1) is 5.92 Å². The Morgan fingerprint density at radius 1 is 1.13 bits per heavy atom. The highest BCUT2D eigenvalue weighted by molar-refractivity contribution is 6.11. The molecule has 2 atom stereocenters. The summed E-state index contributed by atoms with van der Waals surface area (Å²) in [7, 11) is 0. The van der Waals surface area contributed by atoms with E-state index in [1.807, 2.05) is 0 Å². The maximum atomic E-state index is 11.3. The quantitative estimate of drug-likeness (QED) is 0.497. The van der Waals surface area contributed by atoms with Crippen LogP contribution in [0.5, 0.6) is 0 Å². The van der Waals surface area contributed by atoms with Crippen LogP contribution in [-0.2, 0) is 9.59 Å². The molecule has 1 aliphatic rings. The Balaban J connectivity index is 2.21. The minimum Gasteiger partial charge on any atom is -0.396 e. The maximum absolute atomic E-state index is 11.3. The summed E-state index contributed by atoms with van der Waals surface area (Å²) in [4.78, 5) is 22.6. The van der Waals surface area contributed by atoms with E-state index in [1.165, 1.54) is 0 Å². The smallest absolute Gasteiger partial charge is 0.172 e. The lowest BCUT2D eigenvalue weighted by atomic mass is 9.97. The van der Waals surface area contributed by atoms with Gasteiger partial charge in [-0.05, 0) is 12.8 Å². The van der Waals surface area contributed by atoms with Gasteiger partial charge in [0, 0.05) is 13.0 Å². The van der Waals surface area contributed by atoms with Crippen LogP contribution in [0.3, 0.4) is 0 Å². The van der Waals surface area contributed by atoms with Crippen LogP contribution in [0.15, 0.2) is 0 Å². The first-order valence-electron chi connectivity index (χ1n) is 5.52. The molecule has 1 fully saturated rings. The molecule has 2 unspecified atom stereocenters. The number of hydrogen-bond donors (Lipinski definition) is 2. The van der Waals surface area contributed by atoms with Crippen molar-refractivity contribution in [1.29, 1.82) is 0 Å². The zero-order valence-corrected chi connectivity index (χ0v) is 8.82. The van der Waals surface area contributed by atoms with Gasteiger partial charge in [-0.25, -0.2) is 0 Å².